The van der Waals surface area contributed by atoms with Crippen molar-refractivity contribution in [3.8, 4) is 11.9 Å². The lowest BCUT2D eigenvalue weighted by Gasteiger charge is -2.30. The molecule has 0 unspecified atom stereocenters. The Kier molecular flexibility index (Phi) is 4.42. The van der Waals surface area contributed by atoms with Crippen molar-refractivity contribution in [3.05, 3.63) is 59.7 Å². The molecule has 0 aliphatic carbocycles. The lowest BCUT2D eigenvalue weighted by atomic mass is 9.78. The summed E-state index contributed by atoms with van der Waals surface area (Å²) in [7, 11) is 0. The molecule has 0 bridgehead atoms. The normalized spacial score (nSPS) is 15.5. The van der Waals surface area contributed by atoms with Gasteiger partial charge in [-0.05, 0) is 43.7 Å². The van der Waals surface area contributed by atoms with Crippen molar-refractivity contribution in [2.24, 2.45) is 4.99 Å². The zero-order valence-electron chi connectivity index (χ0n) is 14.2. The highest BCUT2D eigenvalue weighted by atomic mass is 16.5. The van der Waals surface area contributed by atoms with Crippen molar-refractivity contribution in [3.63, 3.8) is 0 Å². The van der Waals surface area contributed by atoms with Gasteiger partial charge in [-0.15, -0.1) is 0 Å². The highest BCUT2D eigenvalue weighted by molar-refractivity contribution is 6.13. The Hall–Kier alpha value is -3.66. The minimum absolute atomic E-state index is 0.0230. The van der Waals surface area contributed by atoms with Gasteiger partial charge in [0.25, 0.3) is 5.91 Å². The van der Waals surface area contributed by atoms with Gasteiger partial charge in [-0.3, -0.25) is 14.9 Å². The number of fused-ring (bicyclic) bond motifs is 1. The van der Waals surface area contributed by atoms with Crippen LogP contribution in [-0.2, 0) is 10.2 Å². The Labute approximate surface area is 150 Å². The predicted molar refractivity (Wildman–Crippen MR) is 94.9 cm³/mol. The van der Waals surface area contributed by atoms with Crippen LogP contribution < -0.4 is 15.4 Å². The number of rotatable bonds is 2. The number of hydrogen-bond acceptors (Lipinski definition) is 5. The van der Waals surface area contributed by atoms with Crippen LogP contribution in [0.25, 0.3) is 0 Å². The van der Waals surface area contributed by atoms with Crippen LogP contribution in [0.2, 0.25) is 0 Å². The number of aliphatic imine (C=N–C) groups is 1. The van der Waals surface area contributed by atoms with E-state index in [1.165, 1.54) is 0 Å². The third kappa shape index (κ3) is 3.26. The highest BCUT2D eigenvalue weighted by Gasteiger charge is 2.39. The Balaban J connectivity index is 1.97. The van der Waals surface area contributed by atoms with E-state index in [9.17, 15) is 9.59 Å². The zero-order valence-corrected chi connectivity index (χ0v) is 14.2. The quantitative estimate of drug-likeness (QED) is 0.285. The van der Waals surface area contributed by atoms with E-state index in [4.69, 9.17) is 10.00 Å². The summed E-state index contributed by atoms with van der Waals surface area (Å²) in [6, 6.07) is 13.8. The molecule has 7 heteroatoms. The number of carbonyl (C=O) groups excluding carboxylic acids is 2. The molecule has 0 spiro atoms. The molecule has 0 atom stereocenters. The Morgan fingerprint density at radius 1 is 1.19 bits per heavy atom. The number of imide groups is 1. The zero-order chi connectivity index (χ0) is 18.7. The van der Waals surface area contributed by atoms with Crippen LogP contribution >= 0.6 is 0 Å². The molecule has 0 fully saturated rings. The molecular formula is C19H16N4O3. The number of para-hydroxylation sites is 1. The van der Waals surface area contributed by atoms with E-state index < -0.39 is 11.3 Å². The summed E-state index contributed by atoms with van der Waals surface area (Å²) in [6.07, 6.45) is 1.77. The van der Waals surface area contributed by atoms with E-state index >= 15 is 0 Å². The van der Waals surface area contributed by atoms with Crippen molar-refractivity contribution in [2.45, 2.75) is 19.3 Å². The molecule has 1 aliphatic heterocycles. The average molecular weight is 348 g/mol. The van der Waals surface area contributed by atoms with Crippen LogP contribution in [0.5, 0.6) is 5.75 Å². The van der Waals surface area contributed by atoms with Gasteiger partial charge in [0.2, 0.25) is 5.91 Å². The number of amides is 2. The first kappa shape index (κ1) is 17.2. The van der Waals surface area contributed by atoms with Crippen LogP contribution in [0.1, 0.15) is 29.8 Å². The molecule has 130 valence electrons. The lowest BCUT2D eigenvalue weighted by molar-refractivity contribution is -0.125. The van der Waals surface area contributed by atoms with Crippen LogP contribution in [0, 0.1) is 11.5 Å². The van der Waals surface area contributed by atoms with Crippen LogP contribution in [-0.4, -0.2) is 17.8 Å². The van der Waals surface area contributed by atoms with Crippen molar-refractivity contribution in [1.29, 1.82) is 5.26 Å². The molecule has 2 aromatic rings. The molecule has 3 rings (SSSR count). The van der Waals surface area contributed by atoms with Gasteiger partial charge in [0.1, 0.15) is 5.75 Å². The van der Waals surface area contributed by atoms with Crippen molar-refractivity contribution in [2.75, 3.05) is 0 Å². The topological polar surface area (TPSA) is 104 Å². The molecule has 1 heterocycles. The van der Waals surface area contributed by atoms with Crippen molar-refractivity contribution >= 4 is 23.5 Å². The van der Waals surface area contributed by atoms with E-state index in [1.807, 2.05) is 6.07 Å². The fourth-order valence-electron chi connectivity index (χ4n) is 2.63. The lowest BCUT2D eigenvalue weighted by Crippen LogP contribution is -2.48. The van der Waals surface area contributed by atoms with Gasteiger partial charge in [0.05, 0.1) is 11.1 Å². The van der Waals surface area contributed by atoms with Gasteiger partial charge < -0.3 is 4.74 Å². The van der Waals surface area contributed by atoms with E-state index in [1.54, 1.807) is 62.5 Å². The Bertz CT molecular complexity index is 943. The SMILES string of the molecule is CC1(C)C(=O)NC(=O)c2cc(N=C(NC#N)Oc3ccccc3)ccc21. The maximum Gasteiger partial charge on any atom is 0.309 e. The molecule has 2 N–H and O–H groups in total. The minimum atomic E-state index is -0.820. The summed E-state index contributed by atoms with van der Waals surface area (Å²) < 4.78 is 5.55. The number of ether oxygens (including phenoxy) is 1. The second kappa shape index (κ2) is 6.69. The van der Waals surface area contributed by atoms with E-state index in [0.717, 1.165) is 0 Å². The van der Waals surface area contributed by atoms with E-state index in [2.05, 4.69) is 15.6 Å². The second-order valence-electron chi connectivity index (χ2n) is 6.21. The summed E-state index contributed by atoms with van der Waals surface area (Å²) in [6.45, 7) is 3.50. The number of benzene rings is 2. The van der Waals surface area contributed by atoms with Gasteiger partial charge in [-0.2, -0.15) is 10.3 Å². The largest absolute Gasteiger partial charge is 0.425 e. The fourth-order valence-corrected chi connectivity index (χ4v) is 2.63. The van der Waals surface area contributed by atoms with E-state index in [-0.39, 0.29) is 11.9 Å². The molecule has 0 saturated carbocycles. The number of nitriles is 1. The summed E-state index contributed by atoms with van der Waals surface area (Å²) in [5.74, 6) is -0.304. The fraction of sp³-hybridized carbons (Fsp3) is 0.158. The molecule has 2 amide bonds. The first-order chi connectivity index (χ1) is 12.4. The smallest absolute Gasteiger partial charge is 0.309 e. The Morgan fingerprint density at radius 2 is 1.92 bits per heavy atom. The van der Waals surface area contributed by atoms with Gasteiger partial charge in [-0.25, -0.2) is 5.32 Å². The third-order valence-electron chi connectivity index (χ3n) is 4.07. The minimum Gasteiger partial charge on any atom is -0.425 e. The maximum absolute atomic E-state index is 12.2. The van der Waals surface area contributed by atoms with Crippen LogP contribution in [0.3, 0.4) is 0 Å². The molecule has 1 aliphatic rings. The average Bonchev–Trinajstić information content (AvgIpc) is 2.61. The molecule has 7 nitrogen and oxygen atoms in total. The van der Waals surface area contributed by atoms with Crippen molar-refractivity contribution in [1.82, 2.24) is 10.6 Å². The summed E-state index contributed by atoms with van der Waals surface area (Å²) in [5, 5.41) is 13.6. The monoisotopic (exact) mass is 348 g/mol. The number of nitrogens with one attached hydrogen (secondary N) is 2. The van der Waals surface area contributed by atoms with Gasteiger partial charge in [0.15, 0.2) is 6.19 Å². The summed E-state index contributed by atoms with van der Waals surface area (Å²) in [4.78, 5) is 28.4. The number of carbonyl (C=O) groups is 2. The standard InChI is InChI=1S/C19H16N4O3/c1-19(2)15-9-8-12(10-14(15)16(24)23-17(19)25)22-18(21-11-20)26-13-6-4-3-5-7-13/h3-10H,1-2H3,(H,21,22)(H,23,24,25). The summed E-state index contributed by atoms with van der Waals surface area (Å²) >= 11 is 0. The van der Waals surface area contributed by atoms with Gasteiger partial charge in [-0.1, -0.05) is 24.3 Å². The molecule has 2 aromatic carbocycles. The van der Waals surface area contributed by atoms with E-state index in [0.29, 0.717) is 22.6 Å². The molecule has 26 heavy (non-hydrogen) atoms. The van der Waals surface area contributed by atoms with Gasteiger partial charge in [0, 0.05) is 5.56 Å². The van der Waals surface area contributed by atoms with Crippen molar-refractivity contribution < 1.29 is 14.3 Å². The highest BCUT2D eigenvalue weighted by Crippen LogP contribution is 2.32. The van der Waals surface area contributed by atoms with Gasteiger partial charge >= 0.3 is 6.02 Å². The molecule has 0 aromatic heterocycles. The first-order valence-electron chi connectivity index (χ1n) is 7.89. The number of hydrogen-bond donors (Lipinski definition) is 2. The summed E-state index contributed by atoms with van der Waals surface area (Å²) in [5.41, 5.74) is 0.591. The third-order valence-corrected chi connectivity index (χ3v) is 4.07. The number of nitrogens with zero attached hydrogens (tertiary/aromatic N) is 2. The molecule has 0 radical (unpaired) electrons. The Morgan fingerprint density at radius 3 is 2.62 bits per heavy atom. The van der Waals surface area contributed by atoms with Crippen LogP contribution in [0.4, 0.5) is 5.69 Å². The first-order valence-corrected chi connectivity index (χ1v) is 7.89. The maximum atomic E-state index is 12.2. The van der Waals surface area contributed by atoms with Crippen LogP contribution in [0.15, 0.2) is 53.5 Å². The second-order valence-corrected chi connectivity index (χ2v) is 6.21. The molecular weight excluding hydrogens is 332 g/mol. The molecule has 0 saturated heterocycles. The predicted octanol–water partition coefficient (Wildman–Crippen LogP) is 2.37. The number of amidine groups is 1.